The second-order valence-corrected chi connectivity index (χ2v) is 32.6. The highest BCUT2D eigenvalue weighted by Crippen LogP contribution is 2.17. The van der Waals surface area contributed by atoms with Crippen LogP contribution in [0.2, 0.25) is 0 Å². The zero-order valence-corrected chi connectivity index (χ0v) is 75.9. The predicted octanol–water partition coefficient (Wildman–Crippen LogP) is -9.98. The van der Waals surface area contributed by atoms with E-state index in [9.17, 15) is 124 Å². The Hall–Kier alpha value is -16.4. The van der Waals surface area contributed by atoms with Crippen LogP contribution in [0.25, 0.3) is 0 Å². The van der Waals surface area contributed by atoms with Gasteiger partial charge in [-0.05, 0) is 100.0 Å². The Morgan fingerprint density at radius 2 is 0.784 bits per heavy atom. The summed E-state index contributed by atoms with van der Waals surface area (Å²) in [6, 6.07) is 10.8. The summed E-state index contributed by atoms with van der Waals surface area (Å²) in [6.45, 7) is -5.79. The number of unbranched alkanes of at least 4 members (excludes halogenated alkanes) is 2. The van der Waals surface area contributed by atoms with Crippen molar-refractivity contribution in [1.82, 2.24) is 117 Å². The van der Waals surface area contributed by atoms with E-state index in [0.717, 1.165) is 18.5 Å². The van der Waals surface area contributed by atoms with Crippen LogP contribution in [0, 0.1) is 10.8 Å². The summed E-state index contributed by atoms with van der Waals surface area (Å²) in [7, 11) is -4.64. The number of anilines is 1. The molecule has 19 amide bonds. The minimum atomic E-state index is -4.64. The van der Waals surface area contributed by atoms with Crippen LogP contribution in [0.4, 0.5) is 5.82 Å². The number of hydrogen-bond acceptors (Lipinski definition) is 28. The van der Waals surface area contributed by atoms with Crippen LogP contribution in [0.15, 0.2) is 113 Å². The summed E-state index contributed by atoms with van der Waals surface area (Å²) in [5.74, 6) is -21.2. The van der Waals surface area contributed by atoms with Gasteiger partial charge in [0, 0.05) is 57.2 Å². The summed E-state index contributed by atoms with van der Waals surface area (Å²) in [4.78, 5) is 282. The van der Waals surface area contributed by atoms with Gasteiger partial charge in [0.25, 0.3) is 16.0 Å². The molecular weight excluding hydrogens is 1850 g/mol. The number of pyridine rings is 1. The third-order valence-electron chi connectivity index (χ3n) is 20.3. The zero-order chi connectivity index (χ0) is 102. The van der Waals surface area contributed by atoms with Crippen LogP contribution in [-0.2, 0) is 119 Å². The van der Waals surface area contributed by atoms with Crippen molar-refractivity contribution in [3.8, 4) is 0 Å². The normalized spacial score (nSPS) is 18.1. The predicted molar refractivity (Wildman–Crippen MR) is 489 cm³/mol. The minimum Gasteiger partial charge on any atom is -0.481 e. The van der Waals surface area contributed by atoms with Gasteiger partial charge >= 0.3 is 11.9 Å². The molecule has 0 aliphatic carbocycles. The Bertz CT molecular complexity index is 5220. The molecule has 139 heavy (non-hydrogen) atoms. The Balaban J connectivity index is 0.996. The van der Waals surface area contributed by atoms with Crippen molar-refractivity contribution in [2.75, 3.05) is 84.0 Å². The van der Waals surface area contributed by atoms with Crippen molar-refractivity contribution in [1.29, 1.82) is 10.8 Å². The summed E-state index contributed by atoms with van der Waals surface area (Å²) in [6.07, 6.45) is -0.889. The second kappa shape index (κ2) is 58.7. The summed E-state index contributed by atoms with van der Waals surface area (Å²) in [5, 5.41) is 88.9. The number of aromatic nitrogens is 1. The van der Waals surface area contributed by atoms with Crippen LogP contribution >= 0.6 is 0 Å². The first-order chi connectivity index (χ1) is 66.2. The van der Waals surface area contributed by atoms with E-state index in [1.165, 1.54) is 30.3 Å². The molecule has 9 atom stereocenters. The molecule has 2 aliphatic rings. The zero-order valence-electron chi connectivity index (χ0n) is 75.1. The van der Waals surface area contributed by atoms with Crippen molar-refractivity contribution < 1.29 is 124 Å². The van der Waals surface area contributed by atoms with Gasteiger partial charge < -0.3 is 133 Å². The molecule has 0 radical (unpaired) electrons. The van der Waals surface area contributed by atoms with Gasteiger partial charge in [-0.25, -0.2) is 4.98 Å². The van der Waals surface area contributed by atoms with E-state index in [1.807, 2.05) is 0 Å². The molecule has 55 heteroatoms. The number of guanidine groups is 2. The maximum absolute atomic E-state index is 14.2. The third-order valence-corrected chi connectivity index (χ3v) is 21.2. The van der Waals surface area contributed by atoms with E-state index in [1.54, 1.807) is 60.7 Å². The fourth-order valence-corrected chi connectivity index (χ4v) is 13.8. The van der Waals surface area contributed by atoms with Gasteiger partial charge in [0.2, 0.25) is 106 Å². The number of carbonyl (C=O) groups excluding carboxylic acids is 19. The number of nitrogens with zero attached hydrogens (tertiary/aromatic N) is 2. The lowest BCUT2D eigenvalue weighted by molar-refractivity contribution is -0.141. The lowest BCUT2D eigenvalue weighted by Crippen LogP contribution is -2.58. The second-order valence-electron chi connectivity index (χ2n) is 31.3. The summed E-state index contributed by atoms with van der Waals surface area (Å²) < 4.78 is 33.3. The van der Waals surface area contributed by atoms with Gasteiger partial charge in [-0.2, -0.15) is 13.5 Å². The van der Waals surface area contributed by atoms with Crippen molar-refractivity contribution >= 4 is 158 Å². The monoisotopic (exact) mass is 1960 g/mol. The number of nitrogens with one attached hydrogen (secondary N) is 24. The molecule has 6 rings (SSSR count). The molecule has 0 spiro atoms. The van der Waals surface area contributed by atoms with Crippen LogP contribution in [0.3, 0.4) is 0 Å². The van der Waals surface area contributed by atoms with Crippen molar-refractivity contribution in [3.05, 3.63) is 126 Å². The van der Waals surface area contributed by atoms with Crippen molar-refractivity contribution in [3.63, 3.8) is 0 Å². The molecule has 31 N–H and O–H groups in total. The van der Waals surface area contributed by atoms with E-state index in [0.29, 0.717) is 11.1 Å². The first kappa shape index (κ1) is 111. The van der Waals surface area contributed by atoms with Crippen LogP contribution in [-0.4, -0.2) is 303 Å². The first-order valence-corrected chi connectivity index (χ1v) is 45.0. The molecule has 1 aromatic heterocycles. The quantitative estimate of drug-likeness (QED) is 0.00642. The van der Waals surface area contributed by atoms with Crippen molar-refractivity contribution in [2.24, 2.45) is 16.6 Å². The molecule has 2 aliphatic heterocycles. The Labute approximate surface area is 794 Å². The number of rotatable bonds is 48. The number of aliphatic carboxylic acids is 2. The number of hydrazone groups is 1. The number of carbonyl (C=O) groups is 21. The molecule has 3 aromatic carbocycles. The molecule has 1 unspecified atom stereocenters. The molecule has 4 aromatic rings. The van der Waals surface area contributed by atoms with E-state index in [2.05, 4.69) is 127 Å². The van der Waals surface area contributed by atoms with Crippen molar-refractivity contribution in [2.45, 2.75) is 162 Å². The van der Waals surface area contributed by atoms with Crippen LogP contribution in [0.1, 0.15) is 117 Å². The molecule has 54 nitrogen and oxygen atoms in total. The summed E-state index contributed by atoms with van der Waals surface area (Å²) in [5.41, 5.74) is 14.2. The van der Waals surface area contributed by atoms with Gasteiger partial charge in [0.15, 0.2) is 11.9 Å². The highest BCUT2D eigenvalue weighted by Gasteiger charge is 2.37. The molecule has 3 heterocycles. The molecular formula is C84H114N28O26S. The molecule has 2 fully saturated rings. The Morgan fingerprint density at radius 1 is 0.424 bits per heavy atom. The topological polar surface area (TPSA) is 843 Å². The number of nitrogens with two attached hydrogens (primary N) is 2. The van der Waals surface area contributed by atoms with Crippen LogP contribution in [0.5, 0.6) is 0 Å². The number of benzene rings is 3. The molecule has 752 valence electrons. The van der Waals surface area contributed by atoms with Gasteiger partial charge in [-0.1, -0.05) is 78.9 Å². The standard InChI is InChI=1S/C84H114N28O26S/c85-83(86)91-31-13-22-51-74(127)100-45-69(120)103-58(35-71(122)123)81(134)110-56(33-47-15-3-1-4-16-47)79(132)108-53(77(130)106-51)20-9-11-29-89-63(114)39-95-66(117)42-97-65(116)41-94-62(113)28-26-55(105-73(126)50-25-27-61(93-37-50)112-102-38-49-19-7-8-24-60(49)139(136,137)138)76(129)99-44-68(119)98-43-67(118)96-40-64(115)90-30-12-10-21-54-78(131)107-52(23-14-32-92-84(87)88)75(128)101-46-70(121)104-59(36-72(124)125)82(135)111-57(80(133)109-54)34-48-17-5-2-6-18-48/h1-8,15-19,24-25,27,37-38,51-59H,9-14,20-23,26,28-36,39-46H2,(H,89,114)(H,90,115)(H,93,112)(H,94,113)(H,95,117)(H,96,118)(H,97,116)(H,98,119)(H,99,129)(H,100,127)(H,101,128)(H,103,120)(H,104,121)(H,105,126)(H,106,130)(H,107,131)(H,108,132)(H,109,133)(H,110,134)(H,111,135)(H,122,123)(H,124,125)(H4,85,86,91)(H4,87,88,92)(H,136,137,138)/b102-38+/t51-,52-,53-,54-,55?,56+,57+,58-,59-/m0/s1. The van der Waals surface area contributed by atoms with Crippen LogP contribution < -0.4 is 129 Å². The minimum absolute atomic E-state index is 0.00280. The number of carboxylic acid groups (broad SMARTS) is 2. The highest BCUT2D eigenvalue weighted by atomic mass is 32.2. The highest BCUT2D eigenvalue weighted by molar-refractivity contribution is 7.86. The average molecular weight is 1960 g/mol. The number of amides is 19. The van der Waals surface area contributed by atoms with E-state index in [4.69, 9.17) is 22.3 Å². The fraction of sp³-hybridized carbons (Fsp3) is 0.440. The SMILES string of the molecule is N=C(N)NCCC[C@@H]1NC(=O)[C@H](CCCCNC(=O)CNC(=O)CNC(=O)CNC(=O)CCC(NC(=O)c2ccc(N/N=C/c3ccccc3S(=O)(=O)O)nc2)C(=O)NCC(=O)NCC(=O)NCC(=O)NCCCC[C@@H]2NC(=O)[C@@H](Cc3ccccc3)NC(=O)[C@H](CC(=O)O)NC(=O)CNC(=O)[C@H](CCCNC(=N)N)NC2=O)NC(=O)[C@@H](Cc2ccccc2)NC(=O)[C@H](CC(=O)O)NC(=O)CNC1=O. The number of hydrogen-bond donors (Lipinski definition) is 29. The van der Waals surface area contributed by atoms with Gasteiger partial charge in [-0.15, -0.1) is 0 Å². The number of carboxylic acids is 2. The molecule has 2 saturated heterocycles. The molecule has 0 bridgehead atoms. The lowest BCUT2D eigenvalue weighted by atomic mass is 10.0. The largest absolute Gasteiger partial charge is 0.481 e. The smallest absolute Gasteiger partial charge is 0.305 e. The molecule has 0 saturated carbocycles. The first-order valence-electron chi connectivity index (χ1n) is 43.6. The Morgan fingerprint density at radius 3 is 1.19 bits per heavy atom. The van der Waals surface area contributed by atoms with Gasteiger partial charge in [0.1, 0.15) is 65.1 Å². The maximum Gasteiger partial charge on any atom is 0.305 e. The van der Waals surface area contributed by atoms with Gasteiger partial charge in [-0.3, -0.25) is 121 Å². The van der Waals surface area contributed by atoms with Gasteiger partial charge in [0.05, 0.1) is 77.0 Å². The third kappa shape index (κ3) is 43.7. The van der Waals surface area contributed by atoms with E-state index in [-0.39, 0.29) is 132 Å². The maximum atomic E-state index is 14.2. The summed E-state index contributed by atoms with van der Waals surface area (Å²) >= 11 is 0. The lowest BCUT2D eigenvalue weighted by Gasteiger charge is -2.26. The van der Waals surface area contributed by atoms with E-state index < -0.39 is 272 Å². The average Bonchev–Trinajstić information content (AvgIpc) is 1.81. The van der Waals surface area contributed by atoms with E-state index >= 15 is 0 Å². The Kier molecular flexibility index (Phi) is 47.0. The fourth-order valence-electron chi connectivity index (χ4n) is 13.1.